The molecular formula is C58H61N3O. The molecule has 0 bridgehead atoms. The van der Waals surface area contributed by atoms with Crippen LogP contribution in [0.4, 0.5) is 0 Å². The van der Waals surface area contributed by atoms with Crippen molar-refractivity contribution in [2.45, 2.75) is 104 Å². The van der Waals surface area contributed by atoms with Gasteiger partial charge in [-0.2, -0.15) is 0 Å². The maximum atomic E-state index is 13.2. The first kappa shape index (κ1) is 17.5. The maximum absolute atomic E-state index is 13.2. The Morgan fingerprint density at radius 1 is 0.548 bits per heavy atom. The Hall–Kier alpha value is -6.26. The zero-order valence-electron chi connectivity index (χ0n) is 68.5. The van der Waals surface area contributed by atoms with Gasteiger partial charge in [0.1, 0.15) is 11.6 Å². The van der Waals surface area contributed by atoms with Crippen LogP contribution >= 0.6 is 0 Å². The summed E-state index contributed by atoms with van der Waals surface area (Å²) in [6, 6.07) is 13.6. The molecule has 0 aliphatic rings. The number of pyridine rings is 1. The molecule has 0 aliphatic heterocycles. The molecule has 6 aromatic carbocycles. The number of hydrogen-bond donors (Lipinski definition) is 1. The molecule has 0 saturated heterocycles. The van der Waals surface area contributed by atoms with Gasteiger partial charge in [0.15, 0.2) is 0 Å². The number of phenolic OH excluding ortho intramolecular Hbond substituents is 1. The van der Waals surface area contributed by atoms with Crippen LogP contribution in [0.15, 0.2) is 146 Å². The Labute approximate surface area is 418 Å². The predicted molar refractivity (Wildman–Crippen MR) is 263 cm³/mol. The molecular weight excluding hydrogens is 755 g/mol. The molecule has 0 spiro atoms. The summed E-state index contributed by atoms with van der Waals surface area (Å²) in [6.45, 7) is -32.3. The number of aromatic nitrogens is 3. The van der Waals surface area contributed by atoms with Crippen LogP contribution in [-0.4, -0.2) is 19.6 Å². The van der Waals surface area contributed by atoms with Crippen molar-refractivity contribution in [1.82, 2.24) is 14.5 Å². The first-order chi connectivity index (χ1) is 43.7. The second kappa shape index (κ2) is 15.6. The van der Waals surface area contributed by atoms with E-state index in [4.69, 9.17) is 51.6 Å². The molecule has 1 N–H and O–H groups in total. The largest absolute Gasteiger partial charge is 0.507 e. The number of aromatic hydroxyl groups is 1. The molecule has 314 valence electrons. The Morgan fingerprint density at radius 2 is 1.23 bits per heavy atom. The standard InChI is InChI=1S/C58H61N3O/c1-55(2,3)42-26-27-50(46(34-42)38-22-17-14-18-23-38)61-51-25-19-24-45(52(51)60-54(61)47-35-44(57(7,8)9)36-48(53(47)62)58(10,11)12)40-30-41(32-43(31-40)56(4,5)6)49-33-39(28-29-59-49)37-20-15-13-16-21-37/h13-36,62H,1-12H3/i1D3,2D3,3D3,7D3,8D3,9D3,10D3,11D3,12D3,13D,15D,16D,20D,21D,28D,29D,33D. The highest BCUT2D eigenvalue weighted by atomic mass is 16.3. The Balaban J connectivity index is 1.70. The van der Waals surface area contributed by atoms with E-state index in [1.807, 2.05) is 0 Å². The second-order valence-electron chi connectivity index (χ2n) is 16.0. The lowest BCUT2D eigenvalue weighted by Gasteiger charge is -2.28. The lowest BCUT2D eigenvalue weighted by Crippen LogP contribution is -2.17. The van der Waals surface area contributed by atoms with Crippen LogP contribution in [0, 0.1) is 0 Å². The van der Waals surface area contributed by atoms with E-state index in [1.165, 1.54) is 54.6 Å². The van der Waals surface area contributed by atoms with Gasteiger partial charge in [-0.1, -0.05) is 173 Å². The number of phenols is 1. The van der Waals surface area contributed by atoms with Gasteiger partial charge >= 0.3 is 0 Å². The highest BCUT2D eigenvalue weighted by Crippen LogP contribution is 2.46. The minimum Gasteiger partial charge on any atom is -0.507 e. The first-order valence-electron chi connectivity index (χ1n) is 36.6. The third-order valence-corrected chi connectivity index (χ3v) is 10.4. The predicted octanol–water partition coefficient (Wildman–Crippen LogP) is 15.7. The summed E-state index contributed by atoms with van der Waals surface area (Å²) >= 11 is 0. The fourth-order valence-corrected chi connectivity index (χ4v) is 7.18. The van der Waals surface area contributed by atoms with Crippen LogP contribution < -0.4 is 0 Å². The van der Waals surface area contributed by atoms with Gasteiger partial charge in [-0.05, 0) is 109 Å². The van der Waals surface area contributed by atoms with E-state index in [9.17, 15) is 6.48 Å². The lowest BCUT2D eigenvalue weighted by atomic mass is 9.79. The van der Waals surface area contributed by atoms with Gasteiger partial charge in [-0.25, -0.2) is 4.98 Å². The topological polar surface area (TPSA) is 50.9 Å². The third kappa shape index (κ3) is 8.23. The fraction of sp³-hybridized carbons (Fsp3) is 0.276. The highest BCUT2D eigenvalue weighted by Gasteiger charge is 2.30. The van der Waals surface area contributed by atoms with Crippen molar-refractivity contribution in [3.63, 3.8) is 0 Å². The number of rotatable bonds is 6. The smallest absolute Gasteiger partial charge is 0.149 e. The van der Waals surface area contributed by atoms with Gasteiger partial charge in [0.25, 0.3) is 0 Å². The van der Waals surface area contributed by atoms with Crippen molar-refractivity contribution in [2.75, 3.05) is 0 Å². The van der Waals surface area contributed by atoms with Crippen molar-refractivity contribution in [2.24, 2.45) is 0 Å². The van der Waals surface area contributed by atoms with Gasteiger partial charge in [0.2, 0.25) is 0 Å². The molecule has 62 heavy (non-hydrogen) atoms. The van der Waals surface area contributed by atoms with Gasteiger partial charge in [-0.3, -0.25) is 9.55 Å². The van der Waals surface area contributed by atoms with E-state index in [1.54, 1.807) is 32.9 Å². The summed E-state index contributed by atoms with van der Waals surface area (Å²) in [5.74, 6) is -2.57. The molecule has 0 saturated carbocycles. The van der Waals surface area contributed by atoms with Crippen LogP contribution in [0.25, 0.3) is 72.7 Å². The fourth-order valence-electron chi connectivity index (χ4n) is 7.18. The number of imidazole rings is 1. The quantitative estimate of drug-likeness (QED) is 0.181. The Morgan fingerprint density at radius 3 is 1.94 bits per heavy atom. The molecule has 0 fully saturated rings. The molecule has 4 heteroatoms. The van der Waals surface area contributed by atoms with E-state index in [0.717, 1.165) is 22.8 Å². The number of fused-ring (bicyclic) bond motifs is 1. The Bertz CT molecular complexity index is 4280. The lowest BCUT2D eigenvalue weighted by molar-refractivity contribution is 0.446. The zero-order chi connectivity index (χ0) is 73.8. The van der Waals surface area contributed by atoms with E-state index < -0.39 is 177 Å². The van der Waals surface area contributed by atoms with Crippen molar-refractivity contribution >= 4 is 11.0 Å². The average molecular weight is 851 g/mol. The third-order valence-electron chi connectivity index (χ3n) is 10.4. The van der Waals surface area contributed by atoms with Gasteiger partial charge in [-0.15, -0.1) is 0 Å². The minimum absolute atomic E-state index is 0.0185. The summed E-state index contributed by atoms with van der Waals surface area (Å²) < 4.78 is 307. The molecule has 0 atom stereocenters. The number of para-hydroxylation sites is 1. The summed E-state index contributed by atoms with van der Waals surface area (Å²) in [5, 5.41) is 13.2. The van der Waals surface area contributed by atoms with Crippen LogP contribution in [0.1, 0.15) is 153 Å². The number of benzene rings is 6. The van der Waals surface area contributed by atoms with Crippen LogP contribution in [0.5, 0.6) is 5.75 Å². The molecule has 0 radical (unpaired) electrons. The van der Waals surface area contributed by atoms with Crippen molar-refractivity contribution < 1.29 is 53.1 Å². The maximum Gasteiger partial charge on any atom is 0.149 e. The molecule has 2 heterocycles. The molecule has 0 amide bonds. The Kier molecular flexibility index (Phi) is 4.39. The van der Waals surface area contributed by atoms with Crippen molar-refractivity contribution in [3.05, 3.63) is 168 Å². The number of nitrogens with zero attached hydrogens (tertiary/aromatic N) is 3. The first-order valence-corrected chi connectivity index (χ1v) is 19.1. The normalized spacial score (nSPS) is 22.7. The van der Waals surface area contributed by atoms with Gasteiger partial charge < -0.3 is 5.11 Å². The van der Waals surface area contributed by atoms with E-state index in [-0.39, 0.29) is 56.3 Å². The van der Waals surface area contributed by atoms with Crippen LogP contribution in [0.3, 0.4) is 0 Å². The van der Waals surface area contributed by atoms with Gasteiger partial charge in [0.05, 0.1) is 38.9 Å². The summed E-state index contributed by atoms with van der Waals surface area (Å²) in [5.41, 5.74) is -20.8. The minimum atomic E-state index is -4.41. The molecule has 0 aliphatic carbocycles. The molecule has 0 unspecified atom stereocenters. The van der Waals surface area contributed by atoms with Gasteiger partial charge in [0, 0.05) is 65.4 Å². The van der Waals surface area contributed by atoms with E-state index in [0.29, 0.717) is 11.6 Å². The van der Waals surface area contributed by atoms with E-state index >= 15 is 0 Å². The molecule has 2 aromatic heterocycles. The van der Waals surface area contributed by atoms with Crippen LogP contribution in [-0.2, 0) is 21.7 Å². The summed E-state index contributed by atoms with van der Waals surface area (Å²) in [6.07, 6.45) is -0.810. The molecule has 8 rings (SSSR count). The molecule has 4 nitrogen and oxygen atoms in total. The second-order valence-corrected chi connectivity index (χ2v) is 16.0. The van der Waals surface area contributed by atoms with Crippen LogP contribution in [0.2, 0.25) is 0 Å². The zero-order valence-corrected chi connectivity index (χ0v) is 33.5. The summed E-state index contributed by atoms with van der Waals surface area (Å²) in [7, 11) is 0. The average Bonchev–Trinajstić information content (AvgIpc) is 1.26. The number of hydrogen-bond acceptors (Lipinski definition) is 3. The SMILES string of the molecule is [2H]c1nc(-c2cc(-c3cccc4c3nc(-c3cc(C(C([2H])([2H])[2H])(C([2H])([2H])[2H])C([2H])([2H])[2H])cc(C(C([2H])([2H])[2H])(C([2H])([2H])[2H])C([2H])([2H])[2H])c3O)n4-c3ccc(C(C([2H])([2H])[2H])(C([2H])([2H])[2H])C([2H])([2H])[2H])cc3-c3ccccc3)cc(C(C)(C)C)c2)c([2H])c(-c2c([2H])c([2H])c([2H])c([2H])c2[2H])c1[2H]. The monoisotopic (exact) mass is 851 g/mol. The molecule has 8 aromatic rings. The van der Waals surface area contributed by atoms with E-state index in [2.05, 4.69) is 4.98 Å². The summed E-state index contributed by atoms with van der Waals surface area (Å²) in [4.78, 5) is 9.25. The highest BCUT2D eigenvalue weighted by molar-refractivity contribution is 5.98. The van der Waals surface area contributed by atoms with Crippen molar-refractivity contribution in [1.29, 1.82) is 0 Å². The van der Waals surface area contributed by atoms with Crippen molar-refractivity contribution in [3.8, 4) is 67.5 Å².